The minimum atomic E-state index is 0.639. The number of hydrogen-bond donors (Lipinski definition) is 1. The van der Waals surface area contributed by atoms with Crippen LogP contribution in [0.25, 0.3) is 0 Å². The second kappa shape index (κ2) is 5.10. The highest BCUT2D eigenvalue weighted by molar-refractivity contribution is 5.10. The van der Waals surface area contributed by atoms with Crippen molar-refractivity contribution in [2.75, 3.05) is 46.3 Å². The number of nitrogens with one attached hydrogen (secondary N) is 1. The first-order valence-corrected chi connectivity index (χ1v) is 6.08. The third-order valence-electron chi connectivity index (χ3n) is 3.63. The molecule has 0 aromatic heterocycles. The van der Waals surface area contributed by atoms with Gasteiger partial charge in [-0.15, -0.1) is 0 Å². The van der Waals surface area contributed by atoms with Gasteiger partial charge in [0.2, 0.25) is 0 Å². The Balaban J connectivity index is 1.80. The maximum atomic E-state index is 4.28. The predicted octanol–water partition coefficient (Wildman–Crippen LogP) is 0.542. The second-order valence-corrected chi connectivity index (χ2v) is 4.82. The Labute approximate surface area is 93.1 Å². The van der Waals surface area contributed by atoms with Gasteiger partial charge in [0, 0.05) is 38.8 Å². The first kappa shape index (κ1) is 11.1. The van der Waals surface area contributed by atoms with Crippen LogP contribution in [0.2, 0.25) is 0 Å². The number of nitrogens with zero attached hydrogens (tertiary/aromatic N) is 2. The summed E-state index contributed by atoms with van der Waals surface area (Å²) < 4.78 is 0. The van der Waals surface area contributed by atoms with Crippen molar-refractivity contribution in [1.82, 2.24) is 15.1 Å². The van der Waals surface area contributed by atoms with Crippen molar-refractivity contribution in [2.24, 2.45) is 0 Å². The molecule has 2 saturated heterocycles. The predicted molar refractivity (Wildman–Crippen MR) is 64.1 cm³/mol. The molecule has 15 heavy (non-hydrogen) atoms. The summed E-state index contributed by atoms with van der Waals surface area (Å²) in [6.45, 7) is 11.2. The van der Waals surface area contributed by atoms with Crippen LogP contribution in [0.3, 0.4) is 0 Å². The van der Waals surface area contributed by atoms with E-state index in [2.05, 4.69) is 28.7 Å². The van der Waals surface area contributed by atoms with Gasteiger partial charge in [-0.25, -0.2) is 0 Å². The zero-order valence-electron chi connectivity index (χ0n) is 9.84. The highest BCUT2D eigenvalue weighted by atomic mass is 15.2. The van der Waals surface area contributed by atoms with E-state index >= 15 is 0 Å². The Bertz CT molecular complexity index is 221. The number of likely N-dealkylation sites (tertiary alicyclic amines) is 1. The average molecular weight is 209 g/mol. The molecule has 2 heterocycles. The van der Waals surface area contributed by atoms with Crippen LogP contribution in [-0.4, -0.2) is 62.2 Å². The third kappa shape index (κ3) is 2.80. The molecule has 1 N–H and O–H groups in total. The second-order valence-electron chi connectivity index (χ2n) is 4.82. The minimum Gasteiger partial charge on any atom is -0.314 e. The summed E-state index contributed by atoms with van der Waals surface area (Å²) in [5.41, 5.74) is 1.41. The Kier molecular flexibility index (Phi) is 3.78. The van der Waals surface area contributed by atoms with Crippen molar-refractivity contribution in [3.63, 3.8) is 0 Å². The lowest BCUT2D eigenvalue weighted by atomic mass is 10.1. The van der Waals surface area contributed by atoms with Crippen LogP contribution in [0.1, 0.15) is 12.8 Å². The maximum Gasteiger partial charge on any atom is 0.0314 e. The highest BCUT2D eigenvalue weighted by Crippen LogP contribution is 2.21. The summed E-state index contributed by atoms with van der Waals surface area (Å²) in [6.07, 6.45) is 2.64. The normalized spacial score (nSPS) is 29.5. The average Bonchev–Trinajstić information content (AvgIpc) is 2.66. The molecule has 86 valence electrons. The Morgan fingerprint density at radius 2 is 2.07 bits per heavy atom. The number of hydrogen-bond acceptors (Lipinski definition) is 3. The van der Waals surface area contributed by atoms with Crippen molar-refractivity contribution in [3.05, 3.63) is 12.2 Å². The third-order valence-corrected chi connectivity index (χ3v) is 3.63. The SMILES string of the molecule is C=C(CN1CCNCC1)C1CCCN1C. The first-order chi connectivity index (χ1) is 7.27. The molecule has 2 aliphatic rings. The fourth-order valence-corrected chi connectivity index (χ4v) is 2.69. The van der Waals surface area contributed by atoms with E-state index in [4.69, 9.17) is 0 Å². The van der Waals surface area contributed by atoms with Crippen LogP contribution in [0.15, 0.2) is 12.2 Å². The molecule has 1 atom stereocenters. The lowest BCUT2D eigenvalue weighted by Crippen LogP contribution is -2.45. The molecular formula is C12H23N3. The zero-order chi connectivity index (χ0) is 10.7. The van der Waals surface area contributed by atoms with Crippen LogP contribution >= 0.6 is 0 Å². The lowest BCUT2D eigenvalue weighted by Gasteiger charge is -2.31. The summed E-state index contributed by atoms with van der Waals surface area (Å²) in [5, 5.41) is 3.38. The molecule has 3 heteroatoms. The van der Waals surface area contributed by atoms with E-state index in [1.165, 1.54) is 38.0 Å². The Hall–Kier alpha value is -0.380. The molecular weight excluding hydrogens is 186 g/mol. The van der Waals surface area contributed by atoms with E-state index in [0.29, 0.717) is 6.04 Å². The van der Waals surface area contributed by atoms with Gasteiger partial charge in [-0.3, -0.25) is 9.80 Å². The Morgan fingerprint density at radius 1 is 1.33 bits per heavy atom. The van der Waals surface area contributed by atoms with Crippen LogP contribution in [0.5, 0.6) is 0 Å². The van der Waals surface area contributed by atoms with Gasteiger partial charge in [0.25, 0.3) is 0 Å². The van der Waals surface area contributed by atoms with Gasteiger partial charge in [0.15, 0.2) is 0 Å². The Morgan fingerprint density at radius 3 is 2.67 bits per heavy atom. The molecule has 2 rings (SSSR count). The van der Waals surface area contributed by atoms with E-state index < -0.39 is 0 Å². The van der Waals surface area contributed by atoms with Gasteiger partial charge in [-0.05, 0) is 32.0 Å². The summed E-state index contributed by atoms with van der Waals surface area (Å²) in [4.78, 5) is 4.97. The summed E-state index contributed by atoms with van der Waals surface area (Å²) in [5.74, 6) is 0. The quantitative estimate of drug-likeness (QED) is 0.685. The summed E-state index contributed by atoms with van der Waals surface area (Å²) in [6, 6.07) is 0.639. The van der Waals surface area contributed by atoms with Gasteiger partial charge in [0.05, 0.1) is 0 Å². The maximum absolute atomic E-state index is 4.28. The first-order valence-electron chi connectivity index (χ1n) is 6.08. The monoisotopic (exact) mass is 209 g/mol. The summed E-state index contributed by atoms with van der Waals surface area (Å²) in [7, 11) is 2.22. The lowest BCUT2D eigenvalue weighted by molar-refractivity contribution is 0.243. The summed E-state index contributed by atoms with van der Waals surface area (Å²) >= 11 is 0. The van der Waals surface area contributed by atoms with Gasteiger partial charge in [-0.1, -0.05) is 6.58 Å². The number of piperazine rings is 1. The molecule has 0 aliphatic carbocycles. The van der Waals surface area contributed by atoms with Crippen LogP contribution in [0.4, 0.5) is 0 Å². The van der Waals surface area contributed by atoms with E-state index in [1.54, 1.807) is 0 Å². The molecule has 0 spiro atoms. The molecule has 3 nitrogen and oxygen atoms in total. The van der Waals surface area contributed by atoms with Gasteiger partial charge >= 0.3 is 0 Å². The van der Waals surface area contributed by atoms with E-state index in [9.17, 15) is 0 Å². The van der Waals surface area contributed by atoms with Crippen molar-refractivity contribution >= 4 is 0 Å². The van der Waals surface area contributed by atoms with Crippen LogP contribution in [0, 0.1) is 0 Å². The van der Waals surface area contributed by atoms with E-state index in [0.717, 1.165) is 19.6 Å². The van der Waals surface area contributed by atoms with E-state index in [-0.39, 0.29) is 0 Å². The van der Waals surface area contributed by atoms with Crippen molar-refractivity contribution < 1.29 is 0 Å². The molecule has 0 radical (unpaired) electrons. The van der Waals surface area contributed by atoms with Crippen molar-refractivity contribution in [1.29, 1.82) is 0 Å². The molecule has 0 amide bonds. The smallest absolute Gasteiger partial charge is 0.0314 e. The van der Waals surface area contributed by atoms with Crippen molar-refractivity contribution in [3.8, 4) is 0 Å². The molecule has 1 unspecified atom stereocenters. The minimum absolute atomic E-state index is 0.639. The molecule has 0 aromatic carbocycles. The van der Waals surface area contributed by atoms with Gasteiger partial charge < -0.3 is 5.32 Å². The molecule has 0 aromatic rings. The van der Waals surface area contributed by atoms with Crippen molar-refractivity contribution in [2.45, 2.75) is 18.9 Å². The molecule has 2 fully saturated rings. The largest absolute Gasteiger partial charge is 0.314 e. The molecule has 0 bridgehead atoms. The van der Waals surface area contributed by atoms with Gasteiger partial charge in [-0.2, -0.15) is 0 Å². The van der Waals surface area contributed by atoms with Crippen LogP contribution in [-0.2, 0) is 0 Å². The number of likely N-dealkylation sites (N-methyl/N-ethyl adjacent to an activating group) is 1. The standard InChI is InChI=1S/C12H23N3/c1-11(12-4-3-7-14(12)2)10-15-8-5-13-6-9-15/h12-13H,1,3-10H2,2H3. The zero-order valence-corrected chi connectivity index (χ0v) is 9.84. The molecule has 2 aliphatic heterocycles. The topological polar surface area (TPSA) is 18.5 Å². The fraction of sp³-hybridized carbons (Fsp3) is 0.833. The molecule has 0 saturated carbocycles. The fourth-order valence-electron chi connectivity index (χ4n) is 2.69. The van der Waals surface area contributed by atoms with Crippen LogP contribution < -0.4 is 5.32 Å². The van der Waals surface area contributed by atoms with Gasteiger partial charge in [0.1, 0.15) is 0 Å². The van der Waals surface area contributed by atoms with E-state index in [1.807, 2.05) is 0 Å². The highest BCUT2D eigenvalue weighted by Gasteiger charge is 2.24. The number of rotatable bonds is 3.